The van der Waals surface area contributed by atoms with Crippen molar-refractivity contribution in [3.05, 3.63) is 108 Å². The first-order valence-corrected chi connectivity index (χ1v) is 36.0. The molecule has 6 heterocycles. The van der Waals surface area contributed by atoms with Crippen molar-refractivity contribution < 1.29 is 125 Å². The van der Waals surface area contributed by atoms with Crippen molar-refractivity contribution in [2.75, 3.05) is 19.8 Å². The van der Waals surface area contributed by atoms with E-state index in [9.17, 15) is 87.4 Å². The summed E-state index contributed by atoms with van der Waals surface area (Å²) in [6.07, 6.45) is -22.4. The topological polar surface area (TPSA) is 451 Å². The predicted octanol–water partition coefficient (Wildman–Crippen LogP) is 1.95. The van der Waals surface area contributed by atoms with Gasteiger partial charge in [-0.05, 0) is 88.1 Å². The number of ether oxygens (including phenoxy) is 7. The van der Waals surface area contributed by atoms with E-state index < -0.39 is 212 Å². The summed E-state index contributed by atoms with van der Waals surface area (Å²) < 4.78 is 120. The van der Waals surface area contributed by atoms with Gasteiger partial charge in [0.2, 0.25) is 11.8 Å². The molecule has 3 aliphatic heterocycles. The zero-order chi connectivity index (χ0) is 77.1. The monoisotopic (exact) mass is 1530 g/mol. The molecule has 12 rings (SSSR count). The highest BCUT2D eigenvalue weighted by atomic mass is 19.2. The minimum Gasteiger partial charge on any atom is -0.479 e. The summed E-state index contributed by atoms with van der Waals surface area (Å²) in [6.45, 7) is 1.98. The molecule has 10 unspecified atom stereocenters. The Morgan fingerprint density at radius 2 is 1.17 bits per heavy atom. The van der Waals surface area contributed by atoms with Crippen LogP contribution in [0.25, 0.3) is 33.8 Å². The van der Waals surface area contributed by atoms with Crippen LogP contribution in [0.1, 0.15) is 115 Å². The standard InChI is InChI=1S/C71H88F5N11O21/c1-31-17-36(19-40(72)54(31)75)45-28-87(84-81-45)57-60(94)52(29-88)107-70(62(57)96)104-49-25-39(23-46(59(49)93)85-27-44(80-82-85)37-20-41(73)55(76)42(74)21-37)67(99)77-16-10-15-48(91)38-22-47(86-26-43(79-83-86)35-13-8-5-9-14-35)65(108-71-64(98)63(97)58(92)32(2)102-71)50(24-38)105-69-56(78-33(3)90)66(61(95)53(30-89)106-69)103-51(68(100)101)18-34-11-6-4-7-12-34/h5,8-9,13-14,17,19-21,26-28,32,34,38-39,46-47,49-53,56-66,69-71,88-89,92-98H,4,6-7,10-12,15-16,18,22-25,29-30H2,1-3H3,(H,77,99)(H,78,90)(H,100,101)/t32?,38?,39-,46?,47?,49+,50+,51-,52?,53-,56?,57?,58+,59?,60-,61-,62+,63-,64?,65+,66?,69+,70+,71-/m0/s1. The molecule has 2 amide bonds. The van der Waals surface area contributed by atoms with Gasteiger partial charge in [-0.3, -0.25) is 14.4 Å². The number of carbonyl (C=O) groups is 4. The van der Waals surface area contributed by atoms with Crippen molar-refractivity contribution in [2.45, 2.75) is 232 Å². The van der Waals surface area contributed by atoms with Gasteiger partial charge in [0.15, 0.2) is 54.1 Å². The lowest BCUT2D eigenvalue weighted by molar-refractivity contribution is -0.337. The number of carboxylic acids is 1. The van der Waals surface area contributed by atoms with Gasteiger partial charge in [0, 0.05) is 48.4 Å². The fraction of sp³-hybridized carbons (Fsp3) is 0.606. The molecule has 0 radical (unpaired) electrons. The third kappa shape index (κ3) is 17.5. The Balaban J connectivity index is 0.810. The summed E-state index contributed by atoms with van der Waals surface area (Å²) >= 11 is 0. The van der Waals surface area contributed by atoms with Crippen LogP contribution in [0.5, 0.6) is 0 Å². The number of aliphatic hydroxyl groups excluding tert-OH is 9. The number of nitrogens with one attached hydrogen (secondary N) is 2. The Labute approximate surface area is 614 Å². The predicted molar refractivity (Wildman–Crippen MR) is 358 cm³/mol. The van der Waals surface area contributed by atoms with Gasteiger partial charge in [0.1, 0.15) is 102 Å². The maximum atomic E-state index is 15.1. The molecule has 3 aromatic heterocycles. The third-order valence-electron chi connectivity index (χ3n) is 21.4. The quantitative estimate of drug-likeness (QED) is 0.0210. The van der Waals surface area contributed by atoms with E-state index in [0.717, 1.165) is 54.5 Å². The lowest BCUT2D eigenvalue weighted by atomic mass is 9.78. The van der Waals surface area contributed by atoms with E-state index in [2.05, 4.69) is 41.6 Å². The van der Waals surface area contributed by atoms with E-state index in [1.807, 2.05) is 0 Å². The molecule has 32 nitrogen and oxygen atoms in total. The number of amides is 2. The average molecular weight is 1530 g/mol. The third-order valence-corrected chi connectivity index (χ3v) is 21.4. The molecule has 37 heteroatoms. The normalized spacial score (nSPS) is 33.0. The molecule has 24 atom stereocenters. The van der Waals surface area contributed by atoms with Gasteiger partial charge in [-0.2, -0.15) is 0 Å². The zero-order valence-electron chi connectivity index (χ0n) is 58.8. The molecule has 588 valence electrons. The van der Waals surface area contributed by atoms with E-state index in [0.29, 0.717) is 23.4 Å². The second kappa shape index (κ2) is 34.6. The molecule has 3 saturated carbocycles. The first kappa shape index (κ1) is 79.7. The Hall–Kier alpha value is -7.83. The number of aliphatic hydroxyl groups is 9. The second-order valence-corrected chi connectivity index (χ2v) is 28.7. The van der Waals surface area contributed by atoms with E-state index in [4.69, 9.17) is 33.2 Å². The number of benzene rings is 3. The van der Waals surface area contributed by atoms with E-state index in [1.54, 1.807) is 36.5 Å². The van der Waals surface area contributed by atoms with Crippen LogP contribution in [-0.2, 0) is 52.3 Å². The molecular weight excluding hydrogens is 1440 g/mol. The van der Waals surface area contributed by atoms with Gasteiger partial charge in [-0.25, -0.2) is 40.8 Å². The first-order chi connectivity index (χ1) is 51.7. The van der Waals surface area contributed by atoms with Gasteiger partial charge in [0.25, 0.3) is 0 Å². The van der Waals surface area contributed by atoms with Gasteiger partial charge in [0.05, 0.1) is 62.2 Å². The Bertz CT molecular complexity index is 4040. The Morgan fingerprint density at radius 1 is 0.602 bits per heavy atom. The highest BCUT2D eigenvalue weighted by molar-refractivity contribution is 5.82. The number of carbonyl (C=O) groups excluding carboxylic acids is 3. The molecule has 3 aromatic carbocycles. The number of aryl methyl sites for hydroxylation is 1. The first-order valence-electron chi connectivity index (χ1n) is 36.0. The Kier molecular flexibility index (Phi) is 25.5. The van der Waals surface area contributed by atoms with Crippen LogP contribution >= 0.6 is 0 Å². The van der Waals surface area contributed by atoms with Crippen LogP contribution in [0.15, 0.2) is 73.2 Å². The van der Waals surface area contributed by atoms with Crippen LogP contribution in [0, 0.1) is 53.8 Å². The summed E-state index contributed by atoms with van der Waals surface area (Å²) in [5.41, 5.74) is 0.558. The van der Waals surface area contributed by atoms with Crippen LogP contribution in [-0.4, -0.2) is 256 Å². The van der Waals surface area contributed by atoms with Crippen LogP contribution in [0.3, 0.4) is 0 Å². The number of ketones is 1. The minimum absolute atomic E-state index is 0.0116. The van der Waals surface area contributed by atoms with Crippen molar-refractivity contribution in [3.63, 3.8) is 0 Å². The second-order valence-electron chi connectivity index (χ2n) is 28.7. The van der Waals surface area contributed by atoms with Gasteiger partial charge < -0.3 is 94.9 Å². The van der Waals surface area contributed by atoms with Crippen molar-refractivity contribution in [2.24, 2.45) is 17.8 Å². The number of rotatable bonds is 26. The summed E-state index contributed by atoms with van der Waals surface area (Å²) in [6, 6.07) is 6.91. The SMILES string of the molecule is CC(=O)NC1C(O[C@@H](CC2CCCCC2)C(=O)O)[C@@H](O)[C@H](CO)O[C@H]1O[C@@H]1CC(C(=O)CCCNC(=O)[C@H]2CC(n3cc(-c4cc(F)c(F)c(F)c4)nn3)C(O)[C@H](O[C@@H]3OC(CO)[C@H](O)C(n4cc(-c5cc(C)c(F)c(F)c5)nn4)[C@H]3O)C2)CC(n2cc(-c3ccccc3)nn2)[C@H]1O[C@@H]1OC(C)[C@@H](O)[C@H](O)C1O. The molecule has 0 bridgehead atoms. The molecule has 0 spiro atoms. The molecule has 6 aromatic rings. The van der Waals surface area contributed by atoms with Crippen LogP contribution in [0.4, 0.5) is 22.0 Å². The van der Waals surface area contributed by atoms with Gasteiger partial charge >= 0.3 is 5.97 Å². The highest BCUT2D eigenvalue weighted by Crippen LogP contribution is 2.44. The highest BCUT2D eigenvalue weighted by Gasteiger charge is 2.55. The maximum absolute atomic E-state index is 15.1. The zero-order valence-corrected chi connectivity index (χ0v) is 58.8. The summed E-state index contributed by atoms with van der Waals surface area (Å²) in [5, 5.41) is 143. The van der Waals surface area contributed by atoms with Crippen molar-refractivity contribution in [3.8, 4) is 33.8 Å². The number of aliphatic carboxylic acids is 1. The fourth-order valence-corrected chi connectivity index (χ4v) is 15.5. The van der Waals surface area contributed by atoms with E-state index in [-0.39, 0.29) is 85.5 Å². The number of halogens is 5. The summed E-state index contributed by atoms with van der Waals surface area (Å²) in [7, 11) is 0. The lowest BCUT2D eigenvalue weighted by Gasteiger charge is -2.49. The van der Waals surface area contributed by atoms with Gasteiger partial charge in [-0.1, -0.05) is 78.1 Å². The number of hydrogen-bond donors (Lipinski definition) is 12. The summed E-state index contributed by atoms with van der Waals surface area (Å²) in [4.78, 5) is 56.1. The summed E-state index contributed by atoms with van der Waals surface area (Å²) in [5.74, 6) is -12.5. The van der Waals surface area contributed by atoms with Crippen LogP contribution in [0.2, 0.25) is 0 Å². The van der Waals surface area contributed by atoms with E-state index in [1.165, 1.54) is 37.0 Å². The molecule has 108 heavy (non-hydrogen) atoms. The fourth-order valence-electron chi connectivity index (χ4n) is 15.5. The van der Waals surface area contributed by atoms with Gasteiger partial charge in [-0.15, -0.1) is 15.3 Å². The molecule has 6 fully saturated rings. The molecule has 3 saturated heterocycles. The largest absolute Gasteiger partial charge is 0.479 e. The maximum Gasteiger partial charge on any atom is 0.332 e. The molecule has 3 aliphatic carbocycles. The number of aromatic nitrogens is 9. The Morgan fingerprint density at radius 3 is 1.81 bits per heavy atom. The number of hydrogen-bond acceptors (Lipinski definition) is 26. The minimum atomic E-state index is -1.91. The van der Waals surface area contributed by atoms with Crippen molar-refractivity contribution >= 4 is 23.6 Å². The van der Waals surface area contributed by atoms with E-state index >= 15 is 4.79 Å². The molecule has 6 aliphatic rings. The number of Topliss-reactive ketones (excluding diaryl/α,β-unsaturated/α-hetero) is 1. The van der Waals surface area contributed by atoms with Crippen LogP contribution < -0.4 is 10.6 Å². The number of carboxylic acid groups (broad SMARTS) is 1. The molecular formula is C71H88F5N11O21. The molecule has 12 N–H and O–H groups in total. The van der Waals surface area contributed by atoms with Crippen molar-refractivity contribution in [1.29, 1.82) is 0 Å². The lowest BCUT2D eigenvalue weighted by Crippen LogP contribution is -2.67. The average Bonchev–Trinajstić information content (AvgIpc) is 1.31. The van der Waals surface area contributed by atoms with Crippen molar-refractivity contribution in [1.82, 2.24) is 55.6 Å². The number of nitrogens with zero attached hydrogens (tertiary/aromatic N) is 9. The smallest absolute Gasteiger partial charge is 0.332 e.